The molecule has 120 valence electrons. The number of carboxylic acid groups (broad SMARTS) is 3. The number of carbonyl (C=O) groups is 4. The van der Waals surface area contributed by atoms with Gasteiger partial charge >= 0.3 is 126 Å². The van der Waals surface area contributed by atoms with E-state index >= 15 is 0 Å². The second kappa shape index (κ2) is 5.23. The molecule has 0 fully saturated rings. The third-order valence-electron chi connectivity index (χ3n) is 3.16. The summed E-state index contributed by atoms with van der Waals surface area (Å²) >= 11 is -5.28. The van der Waals surface area contributed by atoms with Gasteiger partial charge in [-0.3, -0.25) is 0 Å². The van der Waals surface area contributed by atoms with Crippen LogP contribution >= 0.6 is 17.5 Å². The van der Waals surface area contributed by atoms with Gasteiger partial charge in [0.05, 0.1) is 0 Å². The first kappa shape index (κ1) is 16.2. The number of aliphatic carboxylic acids is 3. The Morgan fingerprint density at radius 1 is 0.909 bits per heavy atom. The molecule has 0 radical (unpaired) electrons. The van der Waals surface area contributed by atoms with Gasteiger partial charge in [0.25, 0.3) is 0 Å². The van der Waals surface area contributed by atoms with Gasteiger partial charge in [-0.2, -0.15) is 0 Å². The van der Waals surface area contributed by atoms with Crippen LogP contribution in [-0.4, -0.2) is 52.5 Å². The fraction of sp³-hybridized carbons (Fsp3) is 0.231. The first-order chi connectivity index (χ1) is 10.2. The minimum absolute atomic E-state index is 0.0559. The van der Waals surface area contributed by atoms with Crippen LogP contribution in [0.3, 0.4) is 0 Å². The normalized spacial score (nSPS) is 19.3. The Bertz CT molecular complexity index is 642. The molecule has 22 heavy (non-hydrogen) atoms. The van der Waals surface area contributed by atoms with E-state index in [-0.39, 0.29) is 9.13 Å². The SMILES string of the molecule is O=C(O)CI1(CC(=O)O)(CC(=O)O)OC(=O)c2ccccc21. The molecule has 9 heteroatoms. The number of alkyl halides is 3. The predicted octanol–water partition coefficient (Wildman–Crippen LogP) is 0.773. The van der Waals surface area contributed by atoms with Gasteiger partial charge < -0.3 is 0 Å². The number of rotatable bonds is 6. The van der Waals surface area contributed by atoms with Crippen molar-refractivity contribution in [2.75, 3.05) is 13.3 Å². The third kappa shape index (κ3) is 2.51. The summed E-state index contributed by atoms with van der Waals surface area (Å²) in [6.07, 6.45) is 0. The molecule has 1 heterocycles. The molecular weight excluding hydrogens is 411 g/mol. The van der Waals surface area contributed by atoms with Crippen molar-refractivity contribution in [1.82, 2.24) is 0 Å². The maximum atomic E-state index is 12.1. The molecule has 0 spiro atoms. The minimum atomic E-state index is -5.28. The summed E-state index contributed by atoms with van der Waals surface area (Å²) in [5.74, 6) is -5.02. The summed E-state index contributed by atoms with van der Waals surface area (Å²) in [5.41, 5.74) is 0.0559. The molecule has 0 unspecified atom stereocenters. The van der Waals surface area contributed by atoms with E-state index in [0.717, 1.165) is 0 Å². The van der Waals surface area contributed by atoms with Gasteiger partial charge in [0.15, 0.2) is 0 Å². The quantitative estimate of drug-likeness (QED) is 0.450. The van der Waals surface area contributed by atoms with Crippen molar-refractivity contribution in [1.29, 1.82) is 0 Å². The van der Waals surface area contributed by atoms with Crippen LogP contribution in [0, 0.1) is 3.57 Å². The van der Waals surface area contributed by atoms with Crippen LogP contribution in [0.4, 0.5) is 0 Å². The van der Waals surface area contributed by atoms with Gasteiger partial charge in [-0.25, -0.2) is 0 Å². The summed E-state index contributed by atoms with van der Waals surface area (Å²) in [6, 6.07) is 5.82. The summed E-state index contributed by atoms with van der Waals surface area (Å²) in [6.45, 7) is 0. The zero-order valence-electron chi connectivity index (χ0n) is 11.2. The summed E-state index contributed by atoms with van der Waals surface area (Å²) in [5, 5.41) is 27.6. The van der Waals surface area contributed by atoms with E-state index in [0.29, 0.717) is 0 Å². The number of hydrogen-bond acceptors (Lipinski definition) is 5. The van der Waals surface area contributed by atoms with Gasteiger partial charge in [-0.05, 0) is 0 Å². The Kier molecular flexibility index (Phi) is 3.85. The molecule has 3 N–H and O–H groups in total. The molecule has 8 nitrogen and oxygen atoms in total. The average Bonchev–Trinajstić information content (AvgIpc) is 2.57. The third-order valence-corrected chi connectivity index (χ3v) is 15.9. The van der Waals surface area contributed by atoms with Gasteiger partial charge in [-0.15, -0.1) is 0 Å². The Morgan fingerprint density at radius 3 is 1.82 bits per heavy atom. The standard InChI is InChI=1S/C13H13IO8/c15-10(16)5-14(6-11(17)18,7-12(19)20)9-4-2-1-3-8(9)13(21)22-14/h1-4H,5-7H2,(H,15,16)(H,17,18)(H,19,20). The van der Waals surface area contributed by atoms with E-state index < -0.39 is 54.6 Å². The van der Waals surface area contributed by atoms with Crippen LogP contribution in [0.25, 0.3) is 0 Å². The van der Waals surface area contributed by atoms with Crippen LogP contribution < -0.4 is 0 Å². The van der Waals surface area contributed by atoms with Crippen molar-refractivity contribution >= 4 is 41.3 Å². The van der Waals surface area contributed by atoms with Crippen LogP contribution in [0.5, 0.6) is 0 Å². The number of benzene rings is 1. The Balaban J connectivity index is 2.80. The predicted molar refractivity (Wildman–Crippen MR) is 82.1 cm³/mol. The van der Waals surface area contributed by atoms with Crippen molar-refractivity contribution < 1.29 is 37.6 Å². The zero-order chi connectivity index (χ0) is 16.6. The van der Waals surface area contributed by atoms with Crippen molar-refractivity contribution in [3.05, 3.63) is 33.4 Å². The van der Waals surface area contributed by atoms with Crippen molar-refractivity contribution in [2.24, 2.45) is 0 Å². The van der Waals surface area contributed by atoms with Crippen LogP contribution in [0.2, 0.25) is 0 Å². The summed E-state index contributed by atoms with van der Waals surface area (Å²) in [7, 11) is 0. The number of carbonyl (C=O) groups excluding carboxylic acids is 1. The maximum absolute atomic E-state index is 12.1. The molecule has 1 aromatic rings. The molecule has 0 amide bonds. The average molecular weight is 424 g/mol. The van der Waals surface area contributed by atoms with Crippen LogP contribution in [0.15, 0.2) is 24.3 Å². The van der Waals surface area contributed by atoms with E-state index in [9.17, 15) is 34.5 Å². The molecule has 2 rings (SSSR count). The molecular formula is C13H13IO8. The van der Waals surface area contributed by atoms with Crippen LogP contribution in [0.1, 0.15) is 10.4 Å². The van der Waals surface area contributed by atoms with E-state index in [1.165, 1.54) is 24.3 Å². The Labute approximate surface area is 125 Å². The summed E-state index contributed by atoms with van der Waals surface area (Å²) in [4.78, 5) is 46.0. The van der Waals surface area contributed by atoms with E-state index in [2.05, 4.69) is 0 Å². The Hall–Kier alpha value is -2.17. The number of halogens is 1. The monoisotopic (exact) mass is 424 g/mol. The van der Waals surface area contributed by atoms with E-state index in [4.69, 9.17) is 3.07 Å². The van der Waals surface area contributed by atoms with Crippen molar-refractivity contribution in [3.8, 4) is 0 Å². The fourth-order valence-corrected chi connectivity index (χ4v) is 14.1. The summed E-state index contributed by atoms with van der Waals surface area (Å²) < 4.78 is 3.19. The topological polar surface area (TPSA) is 138 Å². The number of fused-ring (bicyclic) bond motifs is 1. The first-order valence-corrected chi connectivity index (χ1v) is 12.5. The zero-order valence-corrected chi connectivity index (χ0v) is 13.3. The van der Waals surface area contributed by atoms with E-state index in [1.807, 2.05) is 0 Å². The first-order valence-electron chi connectivity index (χ1n) is 5.97. The van der Waals surface area contributed by atoms with Gasteiger partial charge in [0.2, 0.25) is 0 Å². The van der Waals surface area contributed by atoms with Gasteiger partial charge in [0.1, 0.15) is 0 Å². The van der Waals surface area contributed by atoms with Crippen molar-refractivity contribution in [2.45, 2.75) is 0 Å². The van der Waals surface area contributed by atoms with Gasteiger partial charge in [0, 0.05) is 0 Å². The van der Waals surface area contributed by atoms with Gasteiger partial charge in [-0.1, -0.05) is 0 Å². The molecule has 1 aliphatic heterocycles. The molecule has 0 aromatic heterocycles. The van der Waals surface area contributed by atoms with Crippen LogP contribution in [-0.2, 0) is 17.4 Å². The second-order valence-corrected chi connectivity index (χ2v) is 16.5. The molecule has 0 bridgehead atoms. The molecule has 0 saturated carbocycles. The second-order valence-electron chi connectivity index (χ2n) is 4.80. The molecule has 0 atom stereocenters. The molecule has 0 saturated heterocycles. The molecule has 1 aliphatic rings. The number of hydrogen-bond donors (Lipinski definition) is 3. The van der Waals surface area contributed by atoms with Crippen molar-refractivity contribution in [3.63, 3.8) is 0 Å². The Morgan fingerprint density at radius 2 is 1.36 bits per heavy atom. The van der Waals surface area contributed by atoms with E-state index in [1.54, 1.807) is 0 Å². The number of carboxylic acids is 3. The molecule has 1 aromatic carbocycles. The molecule has 0 aliphatic carbocycles. The fourth-order valence-electron chi connectivity index (χ4n) is 2.55.